The summed E-state index contributed by atoms with van der Waals surface area (Å²) in [5.74, 6) is -0.678. The van der Waals surface area contributed by atoms with Crippen LogP contribution in [0.25, 0.3) is 0 Å². The van der Waals surface area contributed by atoms with Crippen molar-refractivity contribution in [3.8, 4) is 0 Å². The number of nitrogens with one attached hydrogen (secondary N) is 1. The monoisotopic (exact) mass is 241 g/mol. The zero-order valence-corrected chi connectivity index (χ0v) is 10.6. The number of carboxylic acid groups (broad SMARTS) is 1. The second-order valence-electron chi connectivity index (χ2n) is 5.23. The average Bonchev–Trinajstić information content (AvgIpc) is 2.25. The van der Waals surface area contributed by atoms with E-state index in [4.69, 9.17) is 5.11 Å². The number of piperazine rings is 1. The molecule has 2 fully saturated rings. The van der Waals surface area contributed by atoms with Gasteiger partial charge in [-0.15, -0.1) is 0 Å². The van der Waals surface area contributed by atoms with Crippen molar-refractivity contribution in [3.05, 3.63) is 0 Å². The maximum Gasteiger partial charge on any atom is 0.305 e. The highest BCUT2D eigenvalue weighted by atomic mass is 16.4. The van der Waals surface area contributed by atoms with Crippen LogP contribution in [0.15, 0.2) is 0 Å². The SMILES string of the molecule is CCCN1CCN(C2(CC(=O)O)CNC2)CC1. The van der Waals surface area contributed by atoms with Crippen LogP contribution in [-0.2, 0) is 4.79 Å². The number of hydrogen-bond acceptors (Lipinski definition) is 4. The summed E-state index contributed by atoms with van der Waals surface area (Å²) in [6.45, 7) is 9.20. The molecule has 0 spiro atoms. The van der Waals surface area contributed by atoms with Gasteiger partial charge in [-0.3, -0.25) is 9.69 Å². The maximum atomic E-state index is 11.0. The van der Waals surface area contributed by atoms with Crippen molar-refractivity contribution in [3.63, 3.8) is 0 Å². The van der Waals surface area contributed by atoms with Gasteiger partial charge in [0.2, 0.25) is 0 Å². The summed E-state index contributed by atoms with van der Waals surface area (Å²) in [5.41, 5.74) is -0.107. The lowest BCUT2D eigenvalue weighted by Gasteiger charge is -2.52. The minimum atomic E-state index is -0.678. The number of nitrogens with zero attached hydrogens (tertiary/aromatic N) is 2. The quantitative estimate of drug-likeness (QED) is 0.700. The molecule has 0 saturated carbocycles. The predicted octanol–water partition coefficient (Wildman–Crippen LogP) is -0.169. The van der Waals surface area contributed by atoms with Gasteiger partial charge in [-0.05, 0) is 13.0 Å². The summed E-state index contributed by atoms with van der Waals surface area (Å²) < 4.78 is 0. The van der Waals surface area contributed by atoms with Crippen LogP contribution in [0.5, 0.6) is 0 Å². The van der Waals surface area contributed by atoms with Crippen molar-refractivity contribution in [2.75, 3.05) is 45.8 Å². The van der Waals surface area contributed by atoms with Gasteiger partial charge in [-0.2, -0.15) is 0 Å². The summed E-state index contributed by atoms with van der Waals surface area (Å²) >= 11 is 0. The third kappa shape index (κ3) is 2.78. The number of carboxylic acids is 1. The molecule has 2 aliphatic rings. The molecule has 0 aromatic carbocycles. The zero-order valence-electron chi connectivity index (χ0n) is 10.6. The van der Waals surface area contributed by atoms with E-state index in [0.717, 1.165) is 45.8 Å². The molecule has 0 aromatic rings. The Morgan fingerprint density at radius 1 is 1.29 bits per heavy atom. The fourth-order valence-corrected chi connectivity index (χ4v) is 2.92. The molecular weight excluding hydrogens is 218 g/mol. The summed E-state index contributed by atoms with van der Waals surface area (Å²) in [7, 11) is 0. The maximum absolute atomic E-state index is 11.0. The minimum absolute atomic E-state index is 0.107. The van der Waals surface area contributed by atoms with Gasteiger partial charge < -0.3 is 15.3 Å². The van der Waals surface area contributed by atoms with Gasteiger partial charge in [0.1, 0.15) is 0 Å². The number of rotatable bonds is 5. The van der Waals surface area contributed by atoms with E-state index in [9.17, 15) is 4.79 Å². The van der Waals surface area contributed by atoms with Gasteiger partial charge in [0.15, 0.2) is 0 Å². The largest absolute Gasteiger partial charge is 0.481 e. The van der Waals surface area contributed by atoms with Crippen LogP contribution in [-0.4, -0.2) is 72.2 Å². The first kappa shape index (κ1) is 12.8. The van der Waals surface area contributed by atoms with Crippen molar-refractivity contribution in [2.24, 2.45) is 0 Å². The van der Waals surface area contributed by atoms with E-state index in [1.54, 1.807) is 0 Å². The second kappa shape index (κ2) is 5.33. The second-order valence-corrected chi connectivity index (χ2v) is 5.23. The third-order valence-corrected chi connectivity index (χ3v) is 3.97. The summed E-state index contributed by atoms with van der Waals surface area (Å²) in [6, 6.07) is 0. The van der Waals surface area contributed by atoms with Gasteiger partial charge in [-0.25, -0.2) is 0 Å². The lowest BCUT2D eigenvalue weighted by Crippen LogP contribution is -2.72. The first-order chi connectivity index (χ1) is 8.16. The highest BCUT2D eigenvalue weighted by Gasteiger charge is 2.44. The molecular formula is C12H23N3O2. The molecule has 98 valence electrons. The molecule has 2 heterocycles. The Morgan fingerprint density at radius 3 is 2.35 bits per heavy atom. The molecule has 5 nitrogen and oxygen atoms in total. The van der Waals surface area contributed by atoms with Crippen molar-refractivity contribution in [2.45, 2.75) is 25.3 Å². The van der Waals surface area contributed by atoms with E-state index in [1.165, 1.54) is 6.42 Å². The molecule has 0 unspecified atom stereocenters. The molecule has 2 aliphatic heterocycles. The smallest absolute Gasteiger partial charge is 0.305 e. The number of aliphatic carboxylic acids is 1. The molecule has 0 aliphatic carbocycles. The molecule has 17 heavy (non-hydrogen) atoms. The van der Waals surface area contributed by atoms with E-state index >= 15 is 0 Å². The Labute approximate surface area is 103 Å². The molecule has 0 atom stereocenters. The van der Waals surface area contributed by atoms with Crippen LogP contribution in [0.3, 0.4) is 0 Å². The molecule has 0 radical (unpaired) electrons. The Bertz CT molecular complexity index is 271. The van der Waals surface area contributed by atoms with Crippen LogP contribution in [0.4, 0.5) is 0 Å². The van der Waals surface area contributed by atoms with Gasteiger partial charge in [0.05, 0.1) is 12.0 Å². The zero-order chi connectivity index (χ0) is 12.3. The van der Waals surface area contributed by atoms with Gasteiger partial charge in [-0.1, -0.05) is 6.92 Å². The van der Waals surface area contributed by atoms with Crippen molar-refractivity contribution in [1.29, 1.82) is 0 Å². The fourth-order valence-electron chi connectivity index (χ4n) is 2.92. The van der Waals surface area contributed by atoms with Gasteiger partial charge in [0, 0.05) is 39.3 Å². The van der Waals surface area contributed by atoms with Crippen LogP contribution in [0, 0.1) is 0 Å². The Balaban J connectivity index is 1.88. The third-order valence-electron chi connectivity index (χ3n) is 3.97. The molecule has 0 bridgehead atoms. The molecule has 2 N–H and O–H groups in total. The Hall–Kier alpha value is -0.650. The van der Waals surface area contributed by atoms with Gasteiger partial charge >= 0.3 is 5.97 Å². The van der Waals surface area contributed by atoms with Crippen LogP contribution >= 0.6 is 0 Å². The number of hydrogen-bond donors (Lipinski definition) is 2. The Kier molecular flexibility index (Phi) is 4.01. The van der Waals surface area contributed by atoms with Gasteiger partial charge in [0.25, 0.3) is 0 Å². The lowest BCUT2D eigenvalue weighted by molar-refractivity contribution is -0.142. The van der Waals surface area contributed by atoms with E-state index in [0.29, 0.717) is 0 Å². The van der Waals surface area contributed by atoms with E-state index in [2.05, 4.69) is 22.0 Å². The van der Waals surface area contributed by atoms with Crippen molar-refractivity contribution < 1.29 is 9.90 Å². The summed E-state index contributed by atoms with van der Waals surface area (Å²) in [4.78, 5) is 15.8. The molecule has 0 amide bonds. The highest BCUT2D eigenvalue weighted by molar-refractivity contribution is 5.68. The fraction of sp³-hybridized carbons (Fsp3) is 0.917. The van der Waals surface area contributed by atoms with Crippen LogP contribution < -0.4 is 5.32 Å². The van der Waals surface area contributed by atoms with E-state index in [1.807, 2.05) is 0 Å². The molecule has 5 heteroatoms. The van der Waals surface area contributed by atoms with E-state index in [-0.39, 0.29) is 12.0 Å². The predicted molar refractivity (Wildman–Crippen MR) is 66.2 cm³/mol. The van der Waals surface area contributed by atoms with Crippen molar-refractivity contribution >= 4 is 5.97 Å². The molecule has 2 saturated heterocycles. The van der Waals surface area contributed by atoms with Crippen molar-refractivity contribution in [1.82, 2.24) is 15.1 Å². The first-order valence-electron chi connectivity index (χ1n) is 6.56. The highest BCUT2D eigenvalue weighted by Crippen LogP contribution is 2.26. The molecule has 2 rings (SSSR count). The van der Waals surface area contributed by atoms with E-state index < -0.39 is 5.97 Å². The summed E-state index contributed by atoms with van der Waals surface area (Å²) in [6.07, 6.45) is 1.47. The standard InChI is InChI=1S/C12H23N3O2/c1-2-3-14-4-6-15(7-5-14)12(8-11(16)17)9-13-10-12/h13H,2-10H2,1H3,(H,16,17). The van der Waals surface area contributed by atoms with Crippen LogP contribution in [0.2, 0.25) is 0 Å². The minimum Gasteiger partial charge on any atom is -0.481 e. The topological polar surface area (TPSA) is 55.8 Å². The first-order valence-corrected chi connectivity index (χ1v) is 6.56. The van der Waals surface area contributed by atoms with Crippen LogP contribution in [0.1, 0.15) is 19.8 Å². The Morgan fingerprint density at radius 2 is 1.94 bits per heavy atom. The molecule has 0 aromatic heterocycles. The summed E-state index contributed by atoms with van der Waals surface area (Å²) in [5, 5.41) is 12.2. The normalized spacial score (nSPS) is 25.5. The number of carbonyl (C=O) groups is 1. The lowest BCUT2D eigenvalue weighted by atomic mass is 9.86. The average molecular weight is 241 g/mol.